The van der Waals surface area contributed by atoms with E-state index >= 15 is 0 Å². The number of fused-ring (bicyclic) bond motifs is 2. The summed E-state index contributed by atoms with van der Waals surface area (Å²) < 4.78 is 36.9. The Morgan fingerprint density at radius 1 is 1.00 bits per heavy atom. The fraction of sp³-hybridized carbons (Fsp3) is 0.587. The van der Waals surface area contributed by atoms with Crippen LogP contribution >= 0.6 is 0 Å². The van der Waals surface area contributed by atoms with E-state index in [1.54, 1.807) is 42.4 Å². The largest absolute Gasteiger partial charge is 0.497 e. The lowest BCUT2D eigenvalue weighted by Crippen LogP contribution is -2.69. The van der Waals surface area contributed by atoms with E-state index in [-0.39, 0.29) is 49.4 Å². The summed E-state index contributed by atoms with van der Waals surface area (Å²) in [6, 6.07) is 9.87. The Bertz CT molecular complexity index is 1890. The van der Waals surface area contributed by atoms with Crippen molar-refractivity contribution in [3.63, 3.8) is 0 Å². The third kappa shape index (κ3) is 9.31. The molecule has 7 atom stereocenters. The van der Waals surface area contributed by atoms with Gasteiger partial charge >= 0.3 is 6.09 Å². The second-order valence-corrected chi connectivity index (χ2v) is 16.5. The lowest BCUT2D eigenvalue weighted by Gasteiger charge is -2.59. The van der Waals surface area contributed by atoms with Gasteiger partial charge in [0.1, 0.15) is 29.0 Å². The summed E-state index contributed by atoms with van der Waals surface area (Å²) in [6.07, 6.45) is 11.9. The minimum atomic E-state index is -1.35. The predicted octanol–water partition coefficient (Wildman–Crippen LogP) is 7.34. The molecular formula is C46H61N3O11. The maximum atomic E-state index is 14.1. The van der Waals surface area contributed by atoms with Crippen LogP contribution in [0.4, 0.5) is 10.5 Å². The molecule has 2 heterocycles. The van der Waals surface area contributed by atoms with Gasteiger partial charge in [-0.25, -0.2) is 4.79 Å². The van der Waals surface area contributed by atoms with Gasteiger partial charge in [0, 0.05) is 56.6 Å². The van der Waals surface area contributed by atoms with E-state index in [0.717, 1.165) is 68.9 Å². The second kappa shape index (κ2) is 19.8. The Balaban J connectivity index is 1.35. The summed E-state index contributed by atoms with van der Waals surface area (Å²) >= 11 is 0. The molecule has 0 spiro atoms. The molecule has 0 aromatic heterocycles. The van der Waals surface area contributed by atoms with Crippen LogP contribution in [0.1, 0.15) is 88.5 Å². The molecule has 3 aliphatic carbocycles. The monoisotopic (exact) mass is 831 g/mol. The van der Waals surface area contributed by atoms with Gasteiger partial charge in [-0.1, -0.05) is 30.1 Å². The summed E-state index contributed by atoms with van der Waals surface area (Å²) in [6.45, 7) is 4.93. The lowest BCUT2D eigenvalue weighted by atomic mass is 9.55. The minimum Gasteiger partial charge on any atom is -0.497 e. The van der Waals surface area contributed by atoms with Gasteiger partial charge in [0.2, 0.25) is 18.0 Å². The van der Waals surface area contributed by atoms with Gasteiger partial charge in [-0.05, 0) is 99.1 Å². The van der Waals surface area contributed by atoms with E-state index in [4.69, 9.17) is 38.4 Å². The first-order valence-electron chi connectivity index (χ1n) is 21.6. The zero-order valence-electron chi connectivity index (χ0n) is 35.1. The van der Waals surface area contributed by atoms with Crippen LogP contribution in [0.25, 0.3) is 0 Å². The molecule has 2 aromatic rings. The number of oxime groups is 1. The van der Waals surface area contributed by atoms with Crippen LogP contribution in [0.5, 0.6) is 23.0 Å². The van der Waals surface area contributed by atoms with E-state index in [0.29, 0.717) is 60.3 Å². The third-order valence-electron chi connectivity index (χ3n) is 12.7. The number of nitrogens with one attached hydrogen (secondary N) is 1. The number of unbranched alkanes of at least 4 members (excludes halogenated alkanes) is 2. The number of rotatable bonds is 19. The Labute approximate surface area is 352 Å². The fourth-order valence-electron chi connectivity index (χ4n) is 9.62. The smallest absolute Gasteiger partial charge is 0.417 e. The molecule has 2 aliphatic heterocycles. The average molecular weight is 832 g/mol. The van der Waals surface area contributed by atoms with Gasteiger partial charge in [0.05, 0.1) is 44.8 Å². The van der Waals surface area contributed by atoms with E-state index < -0.39 is 30.1 Å². The molecule has 2 amide bonds. The molecule has 326 valence electrons. The molecular weight excluding hydrogens is 771 g/mol. The highest BCUT2D eigenvalue weighted by Crippen LogP contribution is 2.62. The summed E-state index contributed by atoms with van der Waals surface area (Å²) in [5, 5.41) is 27.5. The molecule has 7 rings (SSSR count). The Morgan fingerprint density at radius 2 is 1.78 bits per heavy atom. The van der Waals surface area contributed by atoms with Crippen LogP contribution < -0.4 is 24.3 Å². The van der Waals surface area contributed by atoms with Crippen molar-refractivity contribution in [1.29, 1.82) is 0 Å². The highest BCUT2D eigenvalue weighted by molar-refractivity contribution is 6.03. The van der Waals surface area contributed by atoms with Crippen molar-refractivity contribution in [2.24, 2.45) is 28.8 Å². The number of methoxy groups -OCH3 is 2. The quantitative estimate of drug-likeness (QED) is 0.0737. The number of aliphatic hydroxyl groups excluding tert-OH is 2. The molecule has 2 saturated carbocycles. The van der Waals surface area contributed by atoms with Gasteiger partial charge < -0.3 is 48.4 Å². The molecule has 0 bridgehead atoms. The van der Waals surface area contributed by atoms with Crippen molar-refractivity contribution in [3.05, 3.63) is 66.3 Å². The van der Waals surface area contributed by atoms with Crippen molar-refractivity contribution in [1.82, 2.24) is 4.90 Å². The predicted molar refractivity (Wildman–Crippen MR) is 224 cm³/mol. The fourth-order valence-corrected chi connectivity index (χ4v) is 9.62. The molecule has 1 unspecified atom stereocenters. The van der Waals surface area contributed by atoms with Crippen LogP contribution in [-0.4, -0.2) is 98.6 Å². The van der Waals surface area contributed by atoms with Gasteiger partial charge in [-0.3, -0.25) is 10.1 Å². The van der Waals surface area contributed by atoms with Gasteiger partial charge in [-0.2, -0.15) is 0 Å². The Kier molecular flexibility index (Phi) is 14.4. The molecule has 1 saturated heterocycles. The van der Waals surface area contributed by atoms with Crippen molar-refractivity contribution in [3.8, 4) is 23.0 Å². The first kappa shape index (κ1) is 43.5. The number of hydrogen-bond donors (Lipinski definition) is 3. The highest BCUT2D eigenvalue weighted by Gasteiger charge is 2.65. The first-order chi connectivity index (χ1) is 29.2. The van der Waals surface area contributed by atoms with Crippen molar-refractivity contribution < 1.29 is 53.1 Å². The maximum absolute atomic E-state index is 14.1. The zero-order chi connectivity index (χ0) is 42.2. The van der Waals surface area contributed by atoms with Gasteiger partial charge in [0.25, 0.3) is 0 Å². The number of benzene rings is 2. The van der Waals surface area contributed by atoms with E-state index in [9.17, 15) is 19.8 Å². The molecule has 60 heavy (non-hydrogen) atoms. The molecule has 2 aromatic carbocycles. The van der Waals surface area contributed by atoms with Crippen LogP contribution in [-0.2, 0) is 19.1 Å². The molecule has 14 nitrogen and oxygen atoms in total. The summed E-state index contributed by atoms with van der Waals surface area (Å²) in [5.41, 5.74) is 2.89. The number of anilines is 1. The third-order valence-corrected chi connectivity index (χ3v) is 12.7. The first-order valence-corrected chi connectivity index (χ1v) is 21.6. The topological polar surface area (TPSA) is 167 Å². The minimum absolute atomic E-state index is 0.0121. The molecule has 3 N–H and O–H groups in total. The molecule has 5 aliphatic rings. The summed E-state index contributed by atoms with van der Waals surface area (Å²) in [7, 11) is 4.90. The van der Waals surface area contributed by atoms with E-state index in [1.165, 1.54) is 7.11 Å². The molecule has 3 fully saturated rings. The standard InChI is InChI=1S/C46H61N3O11/c1-5-23-57-46-40(49(2)44(52)29-15-16-29)28-37(48-60-41-14-8-11-24-56-41)34-25-30(12-6-9-21-50)33(13-7-10-22-51)42(43(34)46)35-26-32(18-20-38(35)59-46)58-45(53)47-36-19-17-31(54-3)27-39(36)55-4/h5,17-20,25-27,29-30,33,40-43,50-51H,1,6-16,21-24,28H2,2-4H3,(H,47,53)/t30-,33+,40-,41?,42+,43+,46+/m0/s1. The summed E-state index contributed by atoms with van der Waals surface area (Å²) in [4.78, 5) is 35.6. The number of carbonyl (C=O) groups is 2. The second-order valence-electron chi connectivity index (χ2n) is 16.5. The van der Waals surface area contributed by atoms with Crippen LogP contribution in [0.3, 0.4) is 0 Å². The van der Waals surface area contributed by atoms with Crippen molar-refractivity contribution in [2.45, 2.75) is 101 Å². The number of amides is 2. The highest BCUT2D eigenvalue weighted by atomic mass is 16.8. The number of nitrogens with zero attached hydrogens (tertiary/aromatic N) is 2. The Morgan fingerprint density at radius 3 is 2.48 bits per heavy atom. The number of aliphatic hydroxyl groups is 2. The van der Waals surface area contributed by atoms with Crippen molar-refractivity contribution in [2.75, 3.05) is 53.0 Å². The maximum Gasteiger partial charge on any atom is 0.417 e. The number of carbonyl (C=O) groups excluding carboxylic acids is 2. The van der Waals surface area contributed by atoms with Crippen LogP contribution in [0.15, 0.2) is 65.9 Å². The number of hydrogen-bond acceptors (Lipinski definition) is 12. The van der Waals surface area contributed by atoms with E-state index in [2.05, 4.69) is 18.0 Å². The van der Waals surface area contributed by atoms with Gasteiger partial charge in [-0.15, -0.1) is 6.58 Å². The normalized spacial score (nSPS) is 27.4. The lowest BCUT2D eigenvalue weighted by molar-refractivity contribution is -0.256. The summed E-state index contributed by atoms with van der Waals surface area (Å²) in [5.74, 6) is -0.200. The molecule has 0 radical (unpaired) electrons. The average Bonchev–Trinajstić information content (AvgIpc) is 4.12. The number of likely N-dealkylation sites (N-methyl/N-ethyl adjacent to an activating group) is 1. The zero-order valence-corrected chi connectivity index (χ0v) is 35.1. The van der Waals surface area contributed by atoms with E-state index in [1.807, 2.05) is 19.2 Å². The SMILES string of the molecule is C=CCO[C@@]12Oc3ccc(OC(=O)Nc4ccc(OC)cc4OC)cc3[C@H]3[C@H](CCCCO)[C@@H](CCCCO)C=C(C(=NOC4CCCCO4)C[C@@H]1N(C)C(=O)C1CC1)[C@H]32. The van der Waals surface area contributed by atoms with Crippen LogP contribution in [0, 0.1) is 23.7 Å². The Hall–Kier alpha value is -4.63. The van der Waals surface area contributed by atoms with Gasteiger partial charge in [0.15, 0.2) is 0 Å². The number of allylic oxidation sites excluding steroid dienone is 1. The molecule has 14 heteroatoms. The van der Waals surface area contributed by atoms with Crippen LogP contribution in [0.2, 0.25) is 0 Å². The number of ether oxygens (including phenoxy) is 6. The van der Waals surface area contributed by atoms with Crippen molar-refractivity contribution >= 4 is 23.4 Å².